The van der Waals surface area contributed by atoms with E-state index in [2.05, 4.69) is 27.9 Å². The molecule has 1 fully saturated rings. The highest BCUT2D eigenvalue weighted by Gasteiger charge is 2.41. The van der Waals surface area contributed by atoms with Crippen LogP contribution in [0.25, 0.3) is 0 Å². The number of halogens is 1. The Labute approximate surface area is 104 Å². The van der Waals surface area contributed by atoms with Crippen molar-refractivity contribution in [3.05, 3.63) is 35.9 Å². The van der Waals surface area contributed by atoms with Crippen LogP contribution in [0.3, 0.4) is 0 Å². The molecule has 0 aromatic heterocycles. The van der Waals surface area contributed by atoms with Crippen LogP contribution in [0.2, 0.25) is 0 Å². The zero-order chi connectivity index (χ0) is 10.8. The molecule has 0 bridgehead atoms. The van der Waals surface area contributed by atoms with Crippen LogP contribution in [0.15, 0.2) is 30.3 Å². The molecule has 80 valence electrons. The van der Waals surface area contributed by atoms with Crippen LogP contribution < -0.4 is 5.32 Å². The Balaban J connectivity index is 1.92. The van der Waals surface area contributed by atoms with Crippen molar-refractivity contribution in [3.63, 3.8) is 0 Å². The van der Waals surface area contributed by atoms with Gasteiger partial charge in [-0.25, -0.2) is 0 Å². The van der Waals surface area contributed by atoms with E-state index in [-0.39, 0.29) is 17.9 Å². The van der Waals surface area contributed by atoms with Crippen molar-refractivity contribution in [3.8, 4) is 0 Å². The first kappa shape index (κ1) is 10.9. The molecule has 2 rings (SSSR count). The van der Waals surface area contributed by atoms with Crippen molar-refractivity contribution >= 4 is 28.5 Å². The molecule has 0 spiro atoms. The van der Waals surface area contributed by atoms with Crippen molar-refractivity contribution in [1.82, 2.24) is 5.32 Å². The van der Waals surface area contributed by atoms with Crippen molar-refractivity contribution < 1.29 is 4.79 Å². The summed E-state index contributed by atoms with van der Waals surface area (Å²) in [5.41, 5.74) is 1.16. The van der Waals surface area contributed by atoms with Gasteiger partial charge < -0.3 is 5.32 Å². The summed E-state index contributed by atoms with van der Waals surface area (Å²) < 4.78 is 0.547. The number of alkyl halides is 1. The largest absolute Gasteiger partial charge is 0.349 e. The van der Waals surface area contributed by atoms with Gasteiger partial charge in [0.05, 0.1) is 12.0 Å². The minimum Gasteiger partial charge on any atom is -0.349 e. The Hall–Kier alpha value is -0.580. The summed E-state index contributed by atoms with van der Waals surface area (Å²) in [5, 5.41) is 3.04. The number of rotatable bonds is 3. The molecule has 1 aromatic carbocycles. The van der Waals surface area contributed by atoms with Crippen LogP contribution in [-0.4, -0.2) is 9.83 Å². The van der Waals surface area contributed by atoms with Gasteiger partial charge in [0.25, 0.3) is 0 Å². The summed E-state index contributed by atoms with van der Waals surface area (Å²) in [6.45, 7) is 2.03. The fourth-order valence-corrected chi connectivity index (χ4v) is 2.46. The van der Waals surface area contributed by atoms with Gasteiger partial charge in [-0.1, -0.05) is 52.9 Å². The van der Waals surface area contributed by atoms with Crippen molar-refractivity contribution in [2.24, 2.45) is 5.92 Å². The molecule has 0 saturated heterocycles. The third-order valence-corrected chi connectivity index (χ3v) is 4.08. The van der Waals surface area contributed by atoms with Crippen LogP contribution >= 0.6 is 22.6 Å². The normalized spacial score (nSPS) is 25.7. The molecule has 1 saturated carbocycles. The van der Waals surface area contributed by atoms with Gasteiger partial charge in [-0.3, -0.25) is 4.79 Å². The fraction of sp³-hybridized carbons (Fsp3) is 0.417. The van der Waals surface area contributed by atoms with E-state index in [4.69, 9.17) is 0 Å². The lowest BCUT2D eigenvalue weighted by atomic mass is 10.1. The van der Waals surface area contributed by atoms with Gasteiger partial charge in [-0.05, 0) is 18.9 Å². The molecule has 3 heteroatoms. The zero-order valence-corrected chi connectivity index (χ0v) is 10.8. The minimum atomic E-state index is 0.114. The lowest BCUT2D eigenvalue weighted by Crippen LogP contribution is -2.28. The summed E-state index contributed by atoms with van der Waals surface area (Å²) in [4.78, 5) is 11.7. The SMILES string of the molecule is C[C@@H](NC(=O)[C@@H]1C[C@@H]1I)c1ccccc1. The maximum atomic E-state index is 11.7. The third kappa shape index (κ3) is 2.71. The number of nitrogens with one attached hydrogen (secondary N) is 1. The van der Waals surface area contributed by atoms with E-state index in [9.17, 15) is 4.79 Å². The second-order valence-corrected chi connectivity index (χ2v) is 5.60. The summed E-state index contributed by atoms with van der Waals surface area (Å²) in [6.07, 6.45) is 1.04. The van der Waals surface area contributed by atoms with Crippen LogP contribution in [0, 0.1) is 5.92 Å². The third-order valence-electron chi connectivity index (χ3n) is 2.71. The van der Waals surface area contributed by atoms with E-state index in [0.717, 1.165) is 12.0 Å². The van der Waals surface area contributed by atoms with E-state index in [1.165, 1.54) is 0 Å². The van der Waals surface area contributed by atoms with Gasteiger partial charge in [-0.2, -0.15) is 0 Å². The molecule has 2 nitrogen and oxygen atoms in total. The summed E-state index contributed by atoms with van der Waals surface area (Å²) in [7, 11) is 0. The molecule has 3 atom stereocenters. The molecular weight excluding hydrogens is 301 g/mol. The standard InChI is InChI=1S/C12H14INO/c1-8(9-5-3-2-4-6-9)14-12(15)10-7-11(10)13/h2-6,8,10-11H,7H2,1H3,(H,14,15)/t8-,10-,11+/m1/s1. The molecule has 1 aliphatic carbocycles. The molecule has 0 radical (unpaired) electrons. The molecule has 1 N–H and O–H groups in total. The number of hydrogen-bond acceptors (Lipinski definition) is 1. The lowest BCUT2D eigenvalue weighted by Gasteiger charge is -2.13. The molecule has 15 heavy (non-hydrogen) atoms. The molecular formula is C12H14INO. The van der Waals surface area contributed by atoms with Gasteiger partial charge in [-0.15, -0.1) is 0 Å². The predicted molar refractivity (Wildman–Crippen MR) is 68.9 cm³/mol. The quantitative estimate of drug-likeness (QED) is 0.674. The van der Waals surface area contributed by atoms with Crippen molar-refractivity contribution in [2.75, 3.05) is 0 Å². The molecule has 0 unspecified atom stereocenters. The maximum Gasteiger partial charge on any atom is 0.224 e. The lowest BCUT2D eigenvalue weighted by molar-refractivity contribution is -0.122. The Morgan fingerprint density at radius 3 is 2.60 bits per heavy atom. The van der Waals surface area contributed by atoms with Gasteiger partial charge >= 0.3 is 0 Å². The van der Waals surface area contributed by atoms with Crippen LogP contribution in [0.5, 0.6) is 0 Å². The second-order valence-electron chi connectivity index (χ2n) is 4.00. The molecule has 1 aliphatic rings. The molecule has 0 heterocycles. The van der Waals surface area contributed by atoms with E-state index in [0.29, 0.717) is 3.92 Å². The van der Waals surface area contributed by atoms with Gasteiger partial charge in [0.1, 0.15) is 0 Å². The Morgan fingerprint density at radius 2 is 2.07 bits per heavy atom. The first-order chi connectivity index (χ1) is 7.18. The maximum absolute atomic E-state index is 11.7. The summed E-state index contributed by atoms with van der Waals surface area (Å²) >= 11 is 2.33. The Kier molecular flexibility index (Phi) is 3.29. The van der Waals surface area contributed by atoms with Gasteiger partial charge in [0, 0.05) is 3.92 Å². The number of carbonyl (C=O) groups is 1. The smallest absolute Gasteiger partial charge is 0.224 e. The van der Waals surface area contributed by atoms with Gasteiger partial charge in [0.2, 0.25) is 5.91 Å². The number of carbonyl (C=O) groups excluding carboxylic acids is 1. The topological polar surface area (TPSA) is 29.1 Å². The number of benzene rings is 1. The summed E-state index contributed by atoms with van der Waals surface area (Å²) in [5.74, 6) is 0.447. The highest BCUT2D eigenvalue weighted by Crippen LogP contribution is 2.38. The fourth-order valence-electron chi connectivity index (χ4n) is 1.58. The average molecular weight is 315 g/mol. The highest BCUT2D eigenvalue weighted by atomic mass is 127. The van der Waals surface area contributed by atoms with Crippen molar-refractivity contribution in [2.45, 2.75) is 23.3 Å². The minimum absolute atomic E-state index is 0.114. The highest BCUT2D eigenvalue weighted by molar-refractivity contribution is 14.1. The molecule has 1 aromatic rings. The summed E-state index contributed by atoms with van der Waals surface area (Å²) in [6, 6.07) is 10.2. The number of amides is 1. The molecule has 0 aliphatic heterocycles. The second kappa shape index (κ2) is 4.51. The van der Waals surface area contributed by atoms with Crippen LogP contribution in [-0.2, 0) is 4.79 Å². The zero-order valence-electron chi connectivity index (χ0n) is 8.61. The van der Waals surface area contributed by atoms with Crippen LogP contribution in [0.1, 0.15) is 24.9 Å². The Morgan fingerprint density at radius 1 is 1.47 bits per heavy atom. The van der Waals surface area contributed by atoms with E-state index in [1.807, 2.05) is 37.3 Å². The predicted octanol–water partition coefficient (Wildman–Crippen LogP) is 2.69. The van der Waals surface area contributed by atoms with Gasteiger partial charge in [0.15, 0.2) is 0 Å². The average Bonchev–Trinajstić information content (AvgIpc) is 2.97. The first-order valence-corrected chi connectivity index (χ1v) is 6.42. The monoisotopic (exact) mass is 315 g/mol. The molecule has 1 amide bonds. The van der Waals surface area contributed by atoms with Crippen LogP contribution in [0.4, 0.5) is 0 Å². The number of hydrogen-bond donors (Lipinski definition) is 1. The van der Waals surface area contributed by atoms with E-state index in [1.54, 1.807) is 0 Å². The Bertz CT molecular complexity index is 352. The van der Waals surface area contributed by atoms with E-state index < -0.39 is 0 Å². The van der Waals surface area contributed by atoms with E-state index >= 15 is 0 Å². The van der Waals surface area contributed by atoms with Crippen molar-refractivity contribution in [1.29, 1.82) is 0 Å². The first-order valence-electron chi connectivity index (χ1n) is 5.18.